The quantitative estimate of drug-likeness (QED) is 0.605. The minimum absolute atomic E-state index is 0.0950. The van der Waals surface area contributed by atoms with E-state index in [1.165, 1.54) is 0 Å². The fourth-order valence-electron chi connectivity index (χ4n) is 0.829. The third-order valence-corrected chi connectivity index (χ3v) is 1.25. The predicted octanol–water partition coefficient (Wildman–Crippen LogP) is 2.86. The highest BCUT2D eigenvalue weighted by Crippen LogP contribution is 2.12. The molecule has 0 unspecified atom stereocenters. The molecule has 0 aromatic heterocycles. The van der Waals surface area contributed by atoms with E-state index in [0.29, 0.717) is 5.92 Å². The Morgan fingerprint density at radius 2 is 1.83 bits per heavy atom. The molecule has 0 saturated carbocycles. The number of hydroxylamine groups is 2. The first-order valence-electron chi connectivity index (χ1n) is 4.56. The summed E-state index contributed by atoms with van der Waals surface area (Å²) in [5.74, 6) is 0.691. The van der Waals surface area contributed by atoms with Gasteiger partial charge in [0.25, 0.3) is 0 Å². The minimum Gasteiger partial charge on any atom is -0.293 e. The molecule has 0 atom stereocenters. The summed E-state index contributed by atoms with van der Waals surface area (Å²) in [6, 6.07) is 0. The van der Waals surface area contributed by atoms with Crippen molar-refractivity contribution in [2.45, 2.75) is 46.6 Å². The molecule has 0 rings (SSSR count). The summed E-state index contributed by atoms with van der Waals surface area (Å²) in [4.78, 5) is 5.57. The predicted molar refractivity (Wildman–Crippen MR) is 52.4 cm³/mol. The maximum atomic E-state index is 5.57. The van der Waals surface area contributed by atoms with Gasteiger partial charge in [0.1, 0.15) is 0 Å². The first-order chi connectivity index (χ1) is 5.31. The van der Waals surface area contributed by atoms with Gasteiger partial charge in [0.05, 0.1) is 12.1 Å². The zero-order valence-electron chi connectivity index (χ0n) is 9.22. The van der Waals surface area contributed by atoms with Gasteiger partial charge in [-0.15, -0.1) is 0 Å². The molecule has 0 amide bonds. The van der Waals surface area contributed by atoms with E-state index in [0.717, 1.165) is 6.42 Å². The first kappa shape index (κ1) is 11.9. The van der Waals surface area contributed by atoms with Gasteiger partial charge in [-0.2, -0.15) is 5.06 Å². The Morgan fingerprint density at radius 3 is 2.17 bits per heavy atom. The number of hydrogen-bond acceptors (Lipinski definition) is 2. The van der Waals surface area contributed by atoms with Crippen LogP contribution in [-0.4, -0.2) is 17.7 Å². The maximum Gasteiger partial charge on any atom is 0.0815 e. The van der Waals surface area contributed by atoms with Crippen molar-refractivity contribution < 1.29 is 4.84 Å². The van der Waals surface area contributed by atoms with Crippen molar-refractivity contribution in [2.75, 3.05) is 7.05 Å². The molecule has 0 aromatic carbocycles. The van der Waals surface area contributed by atoms with Crippen LogP contribution in [0, 0.1) is 12.5 Å². The maximum absolute atomic E-state index is 5.57. The van der Waals surface area contributed by atoms with Crippen LogP contribution >= 0.6 is 0 Å². The summed E-state index contributed by atoms with van der Waals surface area (Å²) < 4.78 is 0. The molecule has 1 radical (unpaired) electrons. The summed E-state index contributed by atoms with van der Waals surface area (Å²) in [5, 5.41) is 1.81. The second kappa shape index (κ2) is 4.83. The van der Waals surface area contributed by atoms with Crippen LogP contribution in [0.1, 0.15) is 41.0 Å². The fourth-order valence-corrected chi connectivity index (χ4v) is 0.829. The van der Waals surface area contributed by atoms with E-state index in [-0.39, 0.29) is 5.60 Å². The van der Waals surface area contributed by atoms with Gasteiger partial charge in [0.15, 0.2) is 0 Å². The number of nitrogens with zero attached hydrogens (tertiary/aromatic N) is 1. The van der Waals surface area contributed by atoms with E-state index in [1.54, 1.807) is 5.06 Å². The molecule has 0 spiro atoms. The second-order valence-corrected chi connectivity index (χ2v) is 4.56. The zero-order valence-corrected chi connectivity index (χ0v) is 9.22. The Bertz CT molecular complexity index is 115. The van der Waals surface area contributed by atoms with Crippen LogP contribution in [0.15, 0.2) is 0 Å². The second-order valence-electron chi connectivity index (χ2n) is 4.56. The molecule has 0 fully saturated rings. The van der Waals surface area contributed by atoms with E-state index in [1.807, 2.05) is 27.8 Å². The Kier molecular flexibility index (Phi) is 4.80. The van der Waals surface area contributed by atoms with Crippen molar-refractivity contribution in [1.82, 2.24) is 5.06 Å². The summed E-state index contributed by atoms with van der Waals surface area (Å²) in [6.45, 7) is 12.6. The van der Waals surface area contributed by atoms with Gasteiger partial charge in [0.2, 0.25) is 0 Å². The third kappa shape index (κ3) is 8.02. The van der Waals surface area contributed by atoms with Crippen molar-refractivity contribution in [3.63, 3.8) is 0 Å². The SMILES string of the molecule is CC(C)C[CH]N(C)OC(C)(C)C. The monoisotopic (exact) mass is 172 g/mol. The molecule has 12 heavy (non-hydrogen) atoms. The van der Waals surface area contributed by atoms with E-state index in [4.69, 9.17) is 4.84 Å². The van der Waals surface area contributed by atoms with Gasteiger partial charge in [-0.05, 0) is 33.1 Å². The number of hydrogen-bond donors (Lipinski definition) is 0. The van der Waals surface area contributed by atoms with Gasteiger partial charge < -0.3 is 0 Å². The van der Waals surface area contributed by atoms with Crippen LogP contribution < -0.4 is 0 Å². The molecule has 0 heterocycles. The first-order valence-corrected chi connectivity index (χ1v) is 4.56. The summed E-state index contributed by atoms with van der Waals surface area (Å²) >= 11 is 0. The summed E-state index contributed by atoms with van der Waals surface area (Å²) in [6.07, 6.45) is 1.06. The highest BCUT2D eigenvalue weighted by molar-refractivity contribution is 4.64. The summed E-state index contributed by atoms with van der Waals surface area (Å²) in [7, 11) is 1.94. The van der Waals surface area contributed by atoms with E-state index >= 15 is 0 Å². The molecular formula is C10H22NO. The van der Waals surface area contributed by atoms with E-state index in [9.17, 15) is 0 Å². The van der Waals surface area contributed by atoms with Crippen molar-refractivity contribution >= 4 is 0 Å². The Hall–Kier alpha value is -0.0800. The third-order valence-electron chi connectivity index (χ3n) is 1.25. The van der Waals surface area contributed by atoms with Crippen LogP contribution in [0.5, 0.6) is 0 Å². The Morgan fingerprint density at radius 1 is 1.33 bits per heavy atom. The molecule has 2 heteroatoms. The van der Waals surface area contributed by atoms with Crippen LogP contribution in [0.3, 0.4) is 0 Å². The Balaban J connectivity index is 3.53. The smallest absolute Gasteiger partial charge is 0.0815 e. The molecule has 0 saturated heterocycles. The molecule has 73 valence electrons. The average molecular weight is 172 g/mol. The van der Waals surface area contributed by atoms with Crippen LogP contribution in [0.4, 0.5) is 0 Å². The van der Waals surface area contributed by atoms with Gasteiger partial charge in [-0.1, -0.05) is 13.8 Å². The molecule has 0 N–H and O–H groups in total. The number of rotatable bonds is 4. The molecule has 0 bridgehead atoms. The Labute approximate surface area is 76.9 Å². The molecule has 2 nitrogen and oxygen atoms in total. The summed E-state index contributed by atoms with van der Waals surface area (Å²) in [5.41, 5.74) is -0.0950. The van der Waals surface area contributed by atoms with Crippen molar-refractivity contribution in [2.24, 2.45) is 5.92 Å². The van der Waals surface area contributed by atoms with Gasteiger partial charge in [0, 0.05) is 7.05 Å². The van der Waals surface area contributed by atoms with Crippen LogP contribution in [0.25, 0.3) is 0 Å². The minimum atomic E-state index is -0.0950. The zero-order chi connectivity index (χ0) is 9.78. The van der Waals surface area contributed by atoms with Gasteiger partial charge in [-0.25, -0.2) is 0 Å². The lowest BCUT2D eigenvalue weighted by Crippen LogP contribution is -2.29. The molecule has 0 aromatic rings. The van der Waals surface area contributed by atoms with Crippen molar-refractivity contribution in [3.8, 4) is 0 Å². The van der Waals surface area contributed by atoms with Crippen molar-refractivity contribution in [1.29, 1.82) is 0 Å². The lowest BCUT2D eigenvalue weighted by atomic mass is 10.1. The standard InChI is InChI=1S/C10H22NO/c1-9(2)7-8-11(6)12-10(3,4)5/h8-9H,7H2,1-6H3. The van der Waals surface area contributed by atoms with Crippen molar-refractivity contribution in [3.05, 3.63) is 6.54 Å². The fraction of sp³-hybridized carbons (Fsp3) is 0.900. The van der Waals surface area contributed by atoms with E-state index < -0.39 is 0 Å². The lowest BCUT2D eigenvalue weighted by Gasteiger charge is -2.26. The molecule has 0 aliphatic carbocycles. The highest BCUT2D eigenvalue weighted by atomic mass is 16.7. The molecule has 0 aliphatic heterocycles. The van der Waals surface area contributed by atoms with Crippen LogP contribution in [-0.2, 0) is 4.84 Å². The average Bonchev–Trinajstić information content (AvgIpc) is 1.79. The normalized spacial score (nSPS) is 13.0. The van der Waals surface area contributed by atoms with Crippen LogP contribution in [0.2, 0.25) is 0 Å². The lowest BCUT2D eigenvalue weighted by molar-refractivity contribution is -0.197. The topological polar surface area (TPSA) is 12.5 Å². The van der Waals surface area contributed by atoms with Gasteiger partial charge >= 0.3 is 0 Å². The van der Waals surface area contributed by atoms with Gasteiger partial charge in [-0.3, -0.25) is 4.84 Å². The highest BCUT2D eigenvalue weighted by Gasteiger charge is 2.14. The molecule has 0 aliphatic rings. The van der Waals surface area contributed by atoms with E-state index in [2.05, 4.69) is 20.4 Å². The largest absolute Gasteiger partial charge is 0.293 e. The molecular weight excluding hydrogens is 150 g/mol.